The van der Waals surface area contributed by atoms with Crippen LogP contribution in [0.3, 0.4) is 0 Å². The lowest BCUT2D eigenvalue weighted by atomic mass is 10.1. The number of likely N-dealkylation sites (tertiary alicyclic amines) is 1. The van der Waals surface area contributed by atoms with Crippen molar-refractivity contribution in [3.63, 3.8) is 0 Å². The van der Waals surface area contributed by atoms with Gasteiger partial charge in [-0.05, 0) is 18.4 Å². The molecule has 1 aliphatic heterocycles. The lowest BCUT2D eigenvalue weighted by Crippen LogP contribution is -2.45. The van der Waals surface area contributed by atoms with Gasteiger partial charge in [0, 0.05) is 25.0 Å². The van der Waals surface area contributed by atoms with Crippen LogP contribution in [0.5, 0.6) is 5.75 Å². The average molecular weight is 331 g/mol. The van der Waals surface area contributed by atoms with Crippen molar-refractivity contribution >= 4 is 17.5 Å². The van der Waals surface area contributed by atoms with Crippen LogP contribution >= 0.6 is 11.6 Å². The Morgan fingerprint density at radius 3 is 2.91 bits per heavy atom. The summed E-state index contributed by atoms with van der Waals surface area (Å²) in [6.07, 6.45) is 5.49. The summed E-state index contributed by atoms with van der Waals surface area (Å²) in [6, 6.07) is 11.6. The fraction of sp³-hybridized carbons (Fsp3) is 0.333. The first kappa shape index (κ1) is 15.8. The van der Waals surface area contributed by atoms with Gasteiger partial charge in [-0.1, -0.05) is 41.9 Å². The summed E-state index contributed by atoms with van der Waals surface area (Å²) >= 11 is 6.08. The molecule has 0 bridgehead atoms. The van der Waals surface area contributed by atoms with Gasteiger partial charge in [-0.15, -0.1) is 0 Å². The molecule has 1 aromatic heterocycles. The maximum absolute atomic E-state index is 12.5. The average Bonchev–Trinajstić information content (AvgIpc) is 2.58. The largest absolute Gasteiger partial charge is 0.487 e. The summed E-state index contributed by atoms with van der Waals surface area (Å²) in [7, 11) is 0. The molecule has 0 spiro atoms. The van der Waals surface area contributed by atoms with Crippen LogP contribution in [0.4, 0.5) is 0 Å². The maximum atomic E-state index is 12.5. The first-order valence-corrected chi connectivity index (χ1v) is 8.18. The minimum Gasteiger partial charge on any atom is -0.487 e. The number of hydrogen-bond acceptors (Lipinski definition) is 3. The molecule has 120 valence electrons. The van der Waals surface area contributed by atoms with E-state index in [0.717, 1.165) is 24.9 Å². The maximum Gasteiger partial charge on any atom is 0.227 e. The molecular formula is C18H19ClN2O2. The van der Waals surface area contributed by atoms with E-state index in [1.807, 2.05) is 35.2 Å². The van der Waals surface area contributed by atoms with Gasteiger partial charge in [0.2, 0.25) is 5.91 Å². The van der Waals surface area contributed by atoms with Crippen LogP contribution in [0, 0.1) is 0 Å². The van der Waals surface area contributed by atoms with Crippen LogP contribution in [0.25, 0.3) is 0 Å². The normalized spacial score (nSPS) is 17.8. The van der Waals surface area contributed by atoms with Crippen molar-refractivity contribution in [1.82, 2.24) is 9.88 Å². The molecule has 0 radical (unpaired) electrons. The van der Waals surface area contributed by atoms with E-state index < -0.39 is 0 Å². The third-order valence-electron chi connectivity index (χ3n) is 3.96. The second-order valence-electron chi connectivity index (χ2n) is 5.69. The van der Waals surface area contributed by atoms with Gasteiger partial charge >= 0.3 is 0 Å². The zero-order valence-corrected chi connectivity index (χ0v) is 13.6. The van der Waals surface area contributed by atoms with Crippen LogP contribution in [0.15, 0.2) is 48.8 Å². The molecule has 1 atom stereocenters. The van der Waals surface area contributed by atoms with Crippen LogP contribution < -0.4 is 4.74 Å². The predicted octanol–water partition coefficient (Wildman–Crippen LogP) is 3.35. The fourth-order valence-corrected chi connectivity index (χ4v) is 2.94. The molecule has 3 rings (SSSR count). The molecular weight excluding hydrogens is 312 g/mol. The Morgan fingerprint density at radius 1 is 1.30 bits per heavy atom. The summed E-state index contributed by atoms with van der Waals surface area (Å²) < 4.78 is 5.95. The monoisotopic (exact) mass is 330 g/mol. The molecule has 1 aliphatic rings. The Bertz CT molecular complexity index is 663. The van der Waals surface area contributed by atoms with Gasteiger partial charge in [0.1, 0.15) is 16.9 Å². The second kappa shape index (κ2) is 7.47. The van der Waals surface area contributed by atoms with Gasteiger partial charge in [0.15, 0.2) is 0 Å². The van der Waals surface area contributed by atoms with Crippen molar-refractivity contribution in [2.45, 2.75) is 25.4 Å². The molecule has 0 unspecified atom stereocenters. The minimum atomic E-state index is -0.0247. The van der Waals surface area contributed by atoms with Gasteiger partial charge in [0.05, 0.1) is 13.0 Å². The van der Waals surface area contributed by atoms with Gasteiger partial charge in [0.25, 0.3) is 0 Å². The van der Waals surface area contributed by atoms with E-state index in [-0.39, 0.29) is 12.0 Å². The summed E-state index contributed by atoms with van der Waals surface area (Å²) in [4.78, 5) is 18.3. The predicted molar refractivity (Wildman–Crippen MR) is 89.6 cm³/mol. The Labute approximate surface area is 141 Å². The van der Waals surface area contributed by atoms with Crippen LogP contribution in [-0.2, 0) is 11.2 Å². The third kappa shape index (κ3) is 4.23. The van der Waals surface area contributed by atoms with Crippen molar-refractivity contribution in [1.29, 1.82) is 0 Å². The number of aromatic nitrogens is 1. The molecule has 5 heteroatoms. The highest BCUT2D eigenvalue weighted by Crippen LogP contribution is 2.25. The molecule has 2 heterocycles. The molecule has 0 aliphatic carbocycles. The van der Waals surface area contributed by atoms with E-state index in [4.69, 9.17) is 16.3 Å². The highest BCUT2D eigenvalue weighted by Gasteiger charge is 2.25. The lowest BCUT2D eigenvalue weighted by molar-refractivity contribution is -0.133. The SMILES string of the molecule is O=C(Cc1ccccc1)N1CCC[C@@H](Oc2ccncc2Cl)C1. The smallest absolute Gasteiger partial charge is 0.227 e. The molecule has 1 fully saturated rings. The number of amides is 1. The zero-order chi connectivity index (χ0) is 16.1. The molecule has 2 aromatic rings. The number of carbonyl (C=O) groups excluding carboxylic acids is 1. The number of nitrogens with zero attached hydrogens (tertiary/aromatic N) is 2. The van der Waals surface area contributed by atoms with Crippen molar-refractivity contribution in [3.05, 3.63) is 59.4 Å². The number of ether oxygens (including phenoxy) is 1. The lowest BCUT2D eigenvalue weighted by Gasteiger charge is -2.33. The summed E-state index contributed by atoms with van der Waals surface area (Å²) in [5, 5.41) is 0.500. The van der Waals surface area contributed by atoms with Gasteiger partial charge < -0.3 is 9.64 Å². The van der Waals surface area contributed by atoms with Gasteiger partial charge in [-0.3, -0.25) is 9.78 Å². The first-order chi connectivity index (χ1) is 11.2. The summed E-state index contributed by atoms with van der Waals surface area (Å²) in [5.41, 5.74) is 1.04. The molecule has 1 saturated heterocycles. The summed E-state index contributed by atoms with van der Waals surface area (Å²) in [5.74, 6) is 0.773. The van der Waals surface area contributed by atoms with E-state index in [1.54, 1.807) is 18.5 Å². The molecule has 1 aromatic carbocycles. The fourth-order valence-electron chi connectivity index (χ4n) is 2.78. The zero-order valence-electron chi connectivity index (χ0n) is 12.8. The number of benzene rings is 1. The van der Waals surface area contributed by atoms with E-state index in [9.17, 15) is 4.79 Å². The van der Waals surface area contributed by atoms with Gasteiger partial charge in [-0.25, -0.2) is 0 Å². The number of rotatable bonds is 4. The Morgan fingerprint density at radius 2 is 2.13 bits per heavy atom. The second-order valence-corrected chi connectivity index (χ2v) is 6.10. The Hall–Kier alpha value is -2.07. The number of pyridine rings is 1. The molecule has 4 nitrogen and oxygen atoms in total. The third-order valence-corrected chi connectivity index (χ3v) is 4.24. The highest BCUT2D eigenvalue weighted by molar-refractivity contribution is 6.31. The molecule has 1 amide bonds. The van der Waals surface area contributed by atoms with Crippen molar-refractivity contribution in [2.75, 3.05) is 13.1 Å². The number of carbonyl (C=O) groups is 1. The van der Waals surface area contributed by atoms with Crippen LogP contribution in [0.1, 0.15) is 18.4 Å². The van der Waals surface area contributed by atoms with Crippen molar-refractivity contribution in [3.8, 4) is 5.75 Å². The van der Waals surface area contributed by atoms with Gasteiger partial charge in [-0.2, -0.15) is 0 Å². The van der Waals surface area contributed by atoms with E-state index >= 15 is 0 Å². The van der Waals surface area contributed by atoms with E-state index in [2.05, 4.69) is 4.98 Å². The van der Waals surface area contributed by atoms with Crippen molar-refractivity contribution < 1.29 is 9.53 Å². The van der Waals surface area contributed by atoms with Crippen molar-refractivity contribution in [2.24, 2.45) is 0 Å². The Kier molecular flexibility index (Phi) is 5.13. The van der Waals surface area contributed by atoms with Crippen LogP contribution in [-0.4, -0.2) is 35.0 Å². The molecule has 0 saturated carbocycles. The topological polar surface area (TPSA) is 42.4 Å². The quantitative estimate of drug-likeness (QED) is 0.863. The number of piperidine rings is 1. The Balaban J connectivity index is 1.59. The first-order valence-electron chi connectivity index (χ1n) is 7.80. The van der Waals surface area contributed by atoms with E-state index in [0.29, 0.717) is 23.7 Å². The highest BCUT2D eigenvalue weighted by atomic mass is 35.5. The minimum absolute atomic E-state index is 0.0247. The molecule has 0 N–H and O–H groups in total. The standard InChI is InChI=1S/C18H19ClN2O2/c19-16-12-20-9-8-17(16)23-15-7-4-10-21(13-15)18(22)11-14-5-2-1-3-6-14/h1-3,5-6,8-9,12,15H,4,7,10-11,13H2/t15-/m1/s1. The summed E-state index contributed by atoms with van der Waals surface area (Å²) in [6.45, 7) is 1.39. The van der Waals surface area contributed by atoms with Crippen LogP contribution in [0.2, 0.25) is 5.02 Å². The van der Waals surface area contributed by atoms with E-state index in [1.165, 1.54) is 0 Å². The molecule has 23 heavy (non-hydrogen) atoms. The number of halogens is 1. The number of hydrogen-bond donors (Lipinski definition) is 0.